The van der Waals surface area contributed by atoms with Gasteiger partial charge in [-0.15, -0.1) is 0 Å². The van der Waals surface area contributed by atoms with Crippen molar-refractivity contribution in [3.63, 3.8) is 0 Å². The molecular formula is C17H15Cl2NO4S. The number of carbonyl (C=O) groups excluding carboxylic acids is 1. The molecule has 1 aliphatic rings. The molecule has 25 heavy (non-hydrogen) atoms. The van der Waals surface area contributed by atoms with E-state index in [2.05, 4.69) is 0 Å². The molecule has 8 heteroatoms. The molecule has 2 atom stereocenters. The number of halogens is 2. The second-order valence-corrected chi connectivity index (χ2v) is 8.90. The van der Waals surface area contributed by atoms with E-state index in [-0.39, 0.29) is 11.5 Å². The van der Waals surface area contributed by atoms with E-state index in [1.54, 1.807) is 48.5 Å². The van der Waals surface area contributed by atoms with Crippen LogP contribution in [0.2, 0.25) is 10.0 Å². The number of anilines is 1. The summed E-state index contributed by atoms with van der Waals surface area (Å²) in [7, 11) is -3.42. The molecule has 0 aromatic heterocycles. The van der Waals surface area contributed by atoms with Gasteiger partial charge in [0.2, 0.25) is 0 Å². The Labute approximate surface area is 155 Å². The predicted octanol–water partition coefficient (Wildman–Crippen LogP) is 2.80. The Morgan fingerprint density at radius 2 is 1.48 bits per heavy atom. The van der Waals surface area contributed by atoms with Crippen molar-refractivity contribution in [2.24, 2.45) is 0 Å². The van der Waals surface area contributed by atoms with Crippen molar-refractivity contribution in [3.8, 4) is 0 Å². The molecule has 1 amide bonds. The van der Waals surface area contributed by atoms with Gasteiger partial charge in [0, 0.05) is 21.3 Å². The number of sulfone groups is 1. The predicted molar refractivity (Wildman–Crippen MR) is 98.2 cm³/mol. The second-order valence-electron chi connectivity index (χ2n) is 5.87. The van der Waals surface area contributed by atoms with Crippen LogP contribution in [-0.4, -0.2) is 43.1 Å². The maximum absolute atomic E-state index is 13.0. The zero-order chi connectivity index (χ0) is 18.2. The quantitative estimate of drug-likeness (QED) is 0.860. The van der Waals surface area contributed by atoms with Crippen molar-refractivity contribution >= 4 is 44.6 Å². The standard InChI is InChI=1S/C17H15Cl2NO4S/c18-12-3-1-11(2-4-12)17(22)20(14-7-5-13(19)6-8-14)15-9-25(23,24)10-16(15)21/h1-8,15-16,21H,9-10H2. The highest BCUT2D eigenvalue weighted by molar-refractivity contribution is 7.91. The summed E-state index contributed by atoms with van der Waals surface area (Å²) in [6.45, 7) is 0. The number of rotatable bonds is 3. The van der Waals surface area contributed by atoms with Gasteiger partial charge in [-0.25, -0.2) is 8.42 Å². The van der Waals surface area contributed by atoms with E-state index in [4.69, 9.17) is 23.2 Å². The van der Waals surface area contributed by atoms with E-state index in [9.17, 15) is 18.3 Å². The van der Waals surface area contributed by atoms with Crippen molar-refractivity contribution in [2.75, 3.05) is 16.4 Å². The van der Waals surface area contributed by atoms with Crippen LogP contribution in [0.15, 0.2) is 48.5 Å². The summed E-state index contributed by atoms with van der Waals surface area (Å²) in [6.07, 6.45) is -1.16. The molecule has 1 fully saturated rings. The van der Waals surface area contributed by atoms with Crippen LogP contribution in [0.3, 0.4) is 0 Å². The van der Waals surface area contributed by atoms with E-state index in [0.717, 1.165) is 0 Å². The second kappa shape index (κ2) is 6.96. The average Bonchev–Trinajstić information content (AvgIpc) is 2.82. The lowest BCUT2D eigenvalue weighted by atomic mass is 10.1. The largest absolute Gasteiger partial charge is 0.390 e. The molecule has 5 nitrogen and oxygen atoms in total. The van der Waals surface area contributed by atoms with E-state index < -0.39 is 27.9 Å². The molecule has 2 aromatic carbocycles. The van der Waals surface area contributed by atoms with Crippen LogP contribution in [-0.2, 0) is 9.84 Å². The van der Waals surface area contributed by atoms with Gasteiger partial charge in [0.05, 0.1) is 23.7 Å². The van der Waals surface area contributed by atoms with Gasteiger partial charge in [0.1, 0.15) is 0 Å². The lowest BCUT2D eigenvalue weighted by molar-refractivity contribution is 0.0945. The van der Waals surface area contributed by atoms with Crippen LogP contribution < -0.4 is 4.90 Å². The van der Waals surface area contributed by atoms with E-state index in [1.165, 1.54) is 4.90 Å². The molecule has 1 aliphatic heterocycles. The van der Waals surface area contributed by atoms with Gasteiger partial charge < -0.3 is 10.0 Å². The Morgan fingerprint density at radius 1 is 0.960 bits per heavy atom. The lowest BCUT2D eigenvalue weighted by Crippen LogP contribution is -2.47. The highest BCUT2D eigenvalue weighted by Gasteiger charge is 2.42. The van der Waals surface area contributed by atoms with Crippen LogP contribution in [0.4, 0.5) is 5.69 Å². The molecule has 132 valence electrons. The van der Waals surface area contributed by atoms with Crippen LogP contribution in [0.25, 0.3) is 0 Å². The smallest absolute Gasteiger partial charge is 0.258 e. The molecule has 1 heterocycles. The molecule has 1 N–H and O–H groups in total. The maximum atomic E-state index is 13.0. The lowest BCUT2D eigenvalue weighted by Gasteiger charge is -2.30. The number of nitrogens with zero attached hydrogens (tertiary/aromatic N) is 1. The zero-order valence-electron chi connectivity index (χ0n) is 13.0. The number of hydrogen-bond donors (Lipinski definition) is 1. The monoisotopic (exact) mass is 399 g/mol. The first-order valence-electron chi connectivity index (χ1n) is 7.50. The first-order chi connectivity index (χ1) is 11.8. The Bertz CT molecular complexity index is 882. The van der Waals surface area contributed by atoms with Crippen LogP contribution in [0.1, 0.15) is 10.4 Å². The minimum absolute atomic E-state index is 0.296. The highest BCUT2D eigenvalue weighted by Crippen LogP contribution is 2.28. The molecule has 2 unspecified atom stereocenters. The topological polar surface area (TPSA) is 74.7 Å². The average molecular weight is 400 g/mol. The molecule has 2 aromatic rings. The van der Waals surface area contributed by atoms with Crippen LogP contribution in [0.5, 0.6) is 0 Å². The van der Waals surface area contributed by atoms with Gasteiger partial charge >= 0.3 is 0 Å². The number of hydrogen-bond acceptors (Lipinski definition) is 4. The normalized spacial score (nSPS) is 21.9. The zero-order valence-corrected chi connectivity index (χ0v) is 15.3. The summed E-state index contributed by atoms with van der Waals surface area (Å²) in [6, 6.07) is 11.9. The first-order valence-corrected chi connectivity index (χ1v) is 10.1. The van der Waals surface area contributed by atoms with Crippen molar-refractivity contribution in [2.45, 2.75) is 12.1 Å². The van der Waals surface area contributed by atoms with Crippen molar-refractivity contribution in [1.29, 1.82) is 0 Å². The van der Waals surface area contributed by atoms with Gasteiger partial charge in [0.15, 0.2) is 9.84 Å². The Kier molecular flexibility index (Phi) is 5.06. The summed E-state index contributed by atoms with van der Waals surface area (Å²) in [4.78, 5) is 14.3. The Morgan fingerprint density at radius 3 is 1.96 bits per heavy atom. The summed E-state index contributed by atoms with van der Waals surface area (Å²) in [5, 5.41) is 11.2. The van der Waals surface area contributed by atoms with Crippen molar-refractivity contribution < 1.29 is 18.3 Å². The fourth-order valence-electron chi connectivity index (χ4n) is 2.85. The third kappa shape index (κ3) is 3.98. The number of aliphatic hydroxyl groups is 1. The number of amides is 1. The van der Waals surface area contributed by atoms with E-state index >= 15 is 0 Å². The molecule has 0 spiro atoms. The summed E-state index contributed by atoms with van der Waals surface area (Å²) in [5.41, 5.74) is 0.807. The minimum atomic E-state index is -3.42. The molecule has 0 aliphatic carbocycles. The fourth-order valence-corrected chi connectivity index (χ4v) is 4.87. The van der Waals surface area contributed by atoms with Crippen LogP contribution in [0, 0.1) is 0 Å². The van der Waals surface area contributed by atoms with Crippen molar-refractivity contribution in [3.05, 3.63) is 64.1 Å². The van der Waals surface area contributed by atoms with Crippen LogP contribution >= 0.6 is 23.2 Å². The van der Waals surface area contributed by atoms with Gasteiger partial charge in [-0.2, -0.15) is 0 Å². The number of aliphatic hydroxyl groups excluding tert-OH is 1. The summed E-state index contributed by atoms with van der Waals surface area (Å²) in [5.74, 6) is -1.08. The third-order valence-corrected chi connectivity index (χ3v) is 6.24. The maximum Gasteiger partial charge on any atom is 0.258 e. The number of benzene rings is 2. The molecule has 3 rings (SSSR count). The highest BCUT2D eigenvalue weighted by atomic mass is 35.5. The fraction of sp³-hybridized carbons (Fsp3) is 0.235. The Hall–Kier alpha value is -1.60. The van der Waals surface area contributed by atoms with Gasteiger partial charge in [0.25, 0.3) is 5.91 Å². The number of carbonyl (C=O) groups is 1. The van der Waals surface area contributed by atoms with E-state index in [0.29, 0.717) is 21.3 Å². The third-order valence-electron chi connectivity index (χ3n) is 4.04. The first kappa shape index (κ1) is 18.2. The molecule has 0 bridgehead atoms. The van der Waals surface area contributed by atoms with Gasteiger partial charge in [-0.1, -0.05) is 23.2 Å². The molecule has 0 radical (unpaired) electrons. The molecular weight excluding hydrogens is 385 g/mol. The van der Waals surface area contributed by atoms with Gasteiger partial charge in [-0.05, 0) is 48.5 Å². The molecule has 0 saturated carbocycles. The Balaban J connectivity index is 2.04. The SMILES string of the molecule is O=C(c1ccc(Cl)cc1)N(c1ccc(Cl)cc1)C1CS(=O)(=O)CC1O. The van der Waals surface area contributed by atoms with Gasteiger partial charge in [-0.3, -0.25) is 4.79 Å². The van der Waals surface area contributed by atoms with Crippen molar-refractivity contribution in [1.82, 2.24) is 0 Å². The summed E-state index contributed by atoms with van der Waals surface area (Å²) < 4.78 is 23.8. The minimum Gasteiger partial charge on any atom is -0.390 e. The van der Waals surface area contributed by atoms with E-state index in [1.807, 2.05) is 0 Å². The molecule has 1 saturated heterocycles. The summed E-state index contributed by atoms with van der Waals surface area (Å²) >= 11 is 11.8.